The van der Waals surface area contributed by atoms with Gasteiger partial charge in [0.1, 0.15) is 30.4 Å². The van der Waals surface area contributed by atoms with Crippen LogP contribution in [0, 0.1) is 0 Å². The Kier molecular flexibility index (Phi) is 9.79. The summed E-state index contributed by atoms with van der Waals surface area (Å²) >= 11 is 0. The third kappa shape index (κ3) is 6.46. The molecule has 0 aromatic heterocycles. The summed E-state index contributed by atoms with van der Waals surface area (Å²) in [5.41, 5.74) is 19.2. The van der Waals surface area contributed by atoms with Crippen molar-refractivity contribution in [3.63, 3.8) is 0 Å². The summed E-state index contributed by atoms with van der Waals surface area (Å²) in [4.78, 5) is 29.8. The van der Waals surface area contributed by atoms with Crippen LogP contribution >= 0.6 is 0 Å². The number of fused-ring (bicyclic) bond motifs is 1. The van der Waals surface area contributed by atoms with Crippen LogP contribution in [0.3, 0.4) is 0 Å². The summed E-state index contributed by atoms with van der Waals surface area (Å²) < 4.78 is 46.9. The minimum atomic E-state index is -1.37. The van der Waals surface area contributed by atoms with E-state index in [1.54, 1.807) is 6.92 Å². The van der Waals surface area contributed by atoms with Gasteiger partial charge in [-0.3, -0.25) is 9.59 Å². The lowest BCUT2D eigenvalue weighted by atomic mass is 9.94. The number of nitrogens with zero attached hydrogens (tertiary/aromatic N) is 6. The van der Waals surface area contributed by atoms with Gasteiger partial charge >= 0.3 is 11.9 Å². The SMILES string of the molecule is CO[C@@H]1O[C@@H]2CO[C@@H](c3ccccc3)O[C@H]2[C@H](O[C@@H]2O[C@H](C)[C@@H](N=[N+]=[N-])[C@H](OC(C)=O)[C@H]2OC(C)=O)[C@H]1N=[N+]=[N-]. The molecule has 0 bridgehead atoms. The van der Waals surface area contributed by atoms with Crippen molar-refractivity contribution in [2.45, 2.75) is 88.3 Å². The van der Waals surface area contributed by atoms with Crippen molar-refractivity contribution in [3.05, 3.63) is 56.8 Å². The van der Waals surface area contributed by atoms with Crippen LogP contribution in [0.5, 0.6) is 0 Å². The molecule has 3 aliphatic rings. The fourth-order valence-corrected chi connectivity index (χ4v) is 4.98. The number of hydrogen-bond donors (Lipinski definition) is 0. The lowest BCUT2D eigenvalue weighted by molar-refractivity contribution is -0.369. The number of ether oxygens (including phenoxy) is 8. The quantitative estimate of drug-likeness (QED) is 0.196. The molecule has 0 aliphatic carbocycles. The summed E-state index contributed by atoms with van der Waals surface area (Å²) in [5.74, 6) is -1.43. The van der Waals surface area contributed by atoms with Crippen LogP contribution in [0.2, 0.25) is 0 Å². The summed E-state index contributed by atoms with van der Waals surface area (Å²) in [7, 11) is 1.38. The van der Waals surface area contributed by atoms with Crippen molar-refractivity contribution in [2.75, 3.05) is 13.7 Å². The van der Waals surface area contributed by atoms with Crippen LogP contribution in [-0.4, -0.2) is 86.9 Å². The average Bonchev–Trinajstić information content (AvgIpc) is 2.93. The Morgan fingerprint density at radius 1 is 0.900 bits per heavy atom. The number of esters is 2. The van der Waals surface area contributed by atoms with Crippen molar-refractivity contribution in [1.29, 1.82) is 0 Å². The highest BCUT2D eigenvalue weighted by atomic mass is 16.8. The molecular formula is C24H30N6O10. The molecule has 16 nitrogen and oxygen atoms in total. The molecule has 0 amide bonds. The monoisotopic (exact) mass is 562 g/mol. The van der Waals surface area contributed by atoms with Gasteiger partial charge in [0.05, 0.1) is 12.7 Å². The summed E-state index contributed by atoms with van der Waals surface area (Å²) in [6.07, 6.45) is -9.27. The van der Waals surface area contributed by atoms with E-state index in [-0.39, 0.29) is 6.61 Å². The smallest absolute Gasteiger partial charge is 0.303 e. The molecule has 1 aromatic rings. The fraction of sp³-hybridized carbons (Fsp3) is 0.667. The van der Waals surface area contributed by atoms with E-state index in [0.29, 0.717) is 0 Å². The Morgan fingerprint density at radius 2 is 1.55 bits per heavy atom. The Bertz CT molecular complexity index is 1150. The van der Waals surface area contributed by atoms with Crippen LogP contribution in [0.4, 0.5) is 0 Å². The van der Waals surface area contributed by atoms with E-state index in [4.69, 9.17) is 43.4 Å². The van der Waals surface area contributed by atoms with E-state index in [1.807, 2.05) is 30.3 Å². The molecule has 0 N–H and O–H groups in total. The second kappa shape index (κ2) is 13.3. The standard InChI is InChI=1S/C24H30N6O10/c1-11-16(27-29-25)19(36-12(2)31)21(37-13(3)32)24(35-11)40-20-17(28-30-26)23(33-4)38-15-10-34-22(39-18(15)20)14-8-6-5-7-9-14/h5-9,11,15-24H,10H2,1-4H3/t11-,15-,16-,17-,18-,19+,20-,21-,22-,23-,24+/m1/s1. The minimum absolute atomic E-state index is 0.0945. The Balaban J connectivity index is 1.71. The van der Waals surface area contributed by atoms with Gasteiger partial charge in [0.25, 0.3) is 0 Å². The van der Waals surface area contributed by atoms with Gasteiger partial charge in [-0.2, -0.15) is 0 Å². The van der Waals surface area contributed by atoms with E-state index in [9.17, 15) is 15.1 Å². The van der Waals surface area contributed by atoms with E-state index >= 15 is 0 Å². The molecule has 3 aliphatic heterocycles. The van der Waals surface area contributed by atoms with Gasteiger partial charge in [0.2, 0.25) is 0 Å². The van der Waals surface area contributed by atoms with Gasteiger partial charge in [-0.25, -0.2) is 0 Å². The molecule has 16 heteroatoms. The van der Waals surface area contributed by atoms with Gasteiger partial charge in [0, 0.05) is 36.3 Å². The van der Waals surface area contributed by atoms with Gasteiger partial charge in [-0.05, 0) is 18.0 Å². The Morgan fingerprint density at radius 3 is 2.17 bits per heavy atom. The van der Waals surface area contributed by atoms with Crippen molar-refractivity contribution >= 4 is 11.9 Å². The van der Waals surface area contributed by atoms with Crippen molar-refractivity contribution in [3.8, 4) is 0 Å². The van der Waals surface area contributed by atoms with E-state index in [2.05, 4.69) is 20.1 Å². The molecule has 3 fully saturated rings. The Hall–Kier alpha value is -3.46. The maximum atomic E-state index is 12.1. The molecule has 40 heavy (non-hydrogen) atoms. The largest absolute Gasteiger partial charge is 0.458 e. The van der Waals surface area contributed by atoms with Crippen molar-refractivity contribution < 1.29 is 47.5 Å². The fourth-order valence-electron chi connectivity index (χ4n) is 4.98. The number of hydrogen-bond acceptors (Lipinski definition) is 12. The third-order valence-electron chi connectivity index (χ3n) is 6.63. The Labute approximate surface area is 228 Å². The number of benzene rings is 1. The van der Waals surface area contributed by atoms with E-state index in [1.165, 1.54) is 7.11 Å². The molecule has 0 saturated carbocycles. The van der Waals surface area contributed by atoms with E-state index in [0.717, 1.165) is 19.4 Å². The summed E-state index contributed by atoms with van der Waals surface area (Å²) in [6, 6.07) is 7.06. The summed E-state index contributed by atoms with van der Waals surface area (Å²) in [5, 5.41) is 7.56. The molecule has 11 atom stereocenters. The number of carbonyl (C=O) groups is 2. The van der Waals surface area contributed by atoms with Gasteiger partial charge < -0.3 is 37.9 Å². The number of rotatable bonds is 8. The zero-order chi connectivity index (χ0) is 28.8. The lowest BCUT2D eigenvalue weighted by Gasteiger charge is -2.50. The maximum absolute atomic E-state index is 12.1. The van der Waals surface area contributed by atoms with Crippen LogP contribution in [-0.2, 0) is 47.5 Å². The highest BCUT2D eigenvalue weighted by molar-refractivity contribution is 5.67. The highest BCUT2D eigenvalue weighted by Gasteiger charge is 2.55. The van der Waals surface area contributed by atoms with Crippen molar-refractivity contribution in [1.82, 2.24) is 0 Å². The molecule has 1 aromatic carbocycles. The molecule has 3 saturated heterocycles. The van der Waals surface area contributed by atoms with E-state index < -0.39 is 79.5 Å². The first-order valence-corrected chi connectivity index (χ1v) is 12.5. The van der Waals surface area contributed by atoms with Gasteiger partial charge in [-0.1, -0.05) is 40.6 Å². The average molecular weight is 563 g/mol. The van der Waals surface area contributed by atoms with Crippen molar-refractivity contribution in [2.24, 2.45) is 10.2 Å². The lowest BCUT2D eigenvalue weighted by Crippen LogP contribution is -2.66. The highest BCUT2D eigenvalue weighted by Crippen LogP contribution is 2.39. The number of azide groups is 2. The van der Waals surface area contributed by atoms with Crippen LogP contribution < -0.4 is 0 Å². The molecule has 0 spiro atoms. The summed E-state index contributed by atoms with van der Waals surface area (Å²) in [6.45, 7) is 4.00. The topological polar surface area (TPSA) is 205 Å². The second-order valence-electron chi connectivity index (χ2n) is 9.30. The number of carbonyl (C=O) groups excluding carboxylic acids is 2. The molecule has 3 heterocycles. The normalized spacial score (nSPS) is 37.1. The molecule has 0 unspecified atom stereocenters. The van der Waals surface area contributed by atoms with Gasteiger partial charge in [0.15, 0.2) is 31.1 Å². The third-order valence-corrected chi connectivity index (χ3v) is 6.63. The molecule has 216 valence electrons. The second-order valence-corrected chi connectivity index (χ2v) is 9.30. The number of methoxy groups -OCH3 is 1. The minimum Gasteiger partial charge on any atom is -0.458 e. The molecular weight excluding hydrogens is 532 g/mol. The predicted molar refractivity (Wildman–Crippen MR) is 132 cm³/mol. The first-order chi connectivity index (χ1) is 19.3. The van der Waals surface area contributed by atoms with Gasteiger partial charge in [-0.15, -0.1) is 0 Å². The molecule has 0 radical (unpaired) electrons. The van der Waals surface area contributed by atoms with Crippen LogP contribution in [0.15, 0.2) is 40.6 Å². The first kappa shape index (κ1) is 29.5. The zero-order valence-corrected chi connectivity index (χ0v) is 22.2. The maximum Gasteiger partial charge on any atom is 0.303 e. The van der Waals surface area contributed by atoms with Crippen LogP contribution in [0.1, 0.15) is 32.6 Å². The zero-order valence-electron chi connectivity index (χ0n) is 22.2. The predicted octanol–water partition coefficient (Wildman–Crippen LogP) is 2.82. The molecule has 4 rings (SSSR count). The first-order valence-electron chi connectivity index (χ1n) is 12.5. The van der Waals surface area contributed by atoms with Crippen LogP contribution in [0.25, 0.3) is 20.9 Å².